The molecule has 0 radical (unpaired) electrons. The predicted molar refractivity (Wildman–Crippen MR) is 91.5 cm³/mol. The van der Waals surface area contributed by atoms with E-state index in [2.05, 4.69) is 24.6 Å². The van der Waals surface area contributed by atoms with E-state index in [0.717, 1.165) is 22.9 Å². The zero-order valence-electron chi connectivity index (χ0n) is 12.8. The van der Waals surface area contributed by atoms with Crippen LogP contribution in [0.25, 0.3) is 0 Å². The summed E-state index contributed by atoms with van der Waals surface area (Å²) in [6.45, 7) is 11.8. The molecule has 0 spiro atoms. The first-order valence-corrected chi connectivity index (χ1v) is 7.69. The highest BCUT2D eigenvalue weighted by Gasteiger charge is 2.18. The summed E-state index contributed by atoms with van der Waals surface area (Å²) in [6, 6.07) is 0. The topological polar surface area (TPSA) is 12.4 Å². The molecule has 1 nitrogen and oxygen atoms in total. The van der Waals surface area contributed by atoms with Crippen molar-refractivity contribution in [3.8, 4) is 0 Å². The summed E-state index contributed by atoms with van der Waals surface area (Å²) in [6.07, 6.45) is 7.88. The SMILES string of the molecule is C=C(C)C(=C\C(Cl)=C(/C)Cl)/N=C(C)\C=C(\C)C1CCC1. The van der Waals surface area contributed by atoms with Crippen LogP contribution in [0.1, 0.15) is 47.0 Å². The van der Waals surface area contributed by atoms with Crippen LogP contribution in [0.5, 0.6) is 0 Å². The highest BCUT2D eigenvalue weighted by molar-refractivity contribution is 6.40. The summed E-state index contributed by atoms with van der Waals surface area (Å²) in [5, 5.41) is 1.06. The normalized spacial score (nSPS) is 19.6. The van der Waals surface area contributed by atoms with Gasteiger partial charge >= 0.3 is 0 Å². The Morgan fingerprint density at radius 3 is 2.10 bits per heavy atom. The highest BCUT2D eigenvalue weighted by Crippen LogP contribution is 2.32. The van der Waals surface area contributed by atoms with Gasteiger partial charge in [0.1, 0.15) is 0 Å². The number of nitrogens with zero attached hydrogens (tertiary/aromatic N) is 1. The second kappa shape index (κ2) is 7.85. The van der Waals surface area contributed by atoms with Crippen LogP contribution in [-0.2, 0) is 0 Å². The van der Waals surface area contributed by atoms with E-state index in [0.29, 0.717) is 10.1 Å². The van der Waals surface area contributed by atoms with Gasteiger partial charge in [0.2, 0.25) is 0 Å². The van der Waals surface area contributed by atoms with E-state index in [9.17, 15) is 0 Å². The van der Waals surface area contributed by atoms with Gasteiger partial charge in [-0.2, -0.15) is 0 Å². The molecule has 0 aromatic rings. The molecule has 1 aliphatic carbocycles. The first-order valence-electron chi connectivity index (χ1n) is 6.94. The van der Waals surface area contributed by atoms with Crippen molar-refractivity contribution in [2.75, 3.05) is 0 Å². The van der Waals surface area contributed by atoms with Crippen molar-refractivity contribution in [1.29, 1.82) is 0 Å². The van der Waals surface area contributed by atoms with Crippen LogP contribution >= 0.6 is 23.2 Å². The molecule has 0 bridgehead atoms. The van der Waals surface area contributed by atoms with Crippen molar-refractivity contribution in [1.82, 2.24) is 0 Å². The van der Waals surface area contributed by atoms with Crippen LogP contribution in [0.15, 0.2) is 50.6 Å². The van der Waals surface area contributed by atoms with Gasteiger partial charge in [-0.05, 0) is 64.2 Å². The van der Waals surface area contributed by atoms with E-state index in [1.165, 1.54) is 24.8 Å². The standard InChI is InChI=1S/C17H23Cl2N/c1-11(2)17(10-16(19)14(5)18)20-13(4)9-12(3)15-7-6-8-15/h9-10,15H,1,6-8H2,2-5H3/b12-9-,16-14-,17-10+,20-13-. The fourth-order valence-electron chi connectivity index (χ4n) is 2.00. The number of allylic oxidation sites excluding steroid dienone is 6. The Bertz CT molecular complexity index is 499. The maximum Gasteiger partial charge on any atom is 0.0671 e. The predicted octanol–water partition coefficient (Wildman–Crippen LogP) is 6.36. The average molecular weight is 312 g/mol. The van der Waals surface area contributed by atoms with Gasteiger partial charge in [-0.3, -0.25) is 4.99 Å². The summed E-state index contributed by atoms with van der Waals surface area (Å²) in [7, 11) is 0. The van der Waals surface area contributed by atoms with Gasteiger partial charge in [0.05, 0.1) is 10.7 Å². The molecule has 1 saturated carbocycles. The second-order valence-electron chi connectivity index (χ2n) is 5.46. The largest absolute Gasteiger partial charge is 0.253 e. The lowest BCUT2D eigenvalue weighted by Gasteiger charge is -2.26. The first kappa shape index (κ1) is 17.3. The Morgan fingerprint density at radius 2 is 1.70 bits per heavy atom. The fourth-order valence-corrected chi connectivity index (χ4v) is 2.16. The van der Waals surface area contributed by atoms with Gasteiger partial charge in [0.25, 0.3) is 0 Å². The number of rotatable bonds is 5. The van der Waals surface area contributed by atoms with Crippen molar-refractivity contribution in [3.05, 3.63) is 45.6 Å². The molecule has 0 N–H and O–H groups in total. The van der Waals surface area contributed by atoms with Crippen LogP contribution in [0, 0.1) is 5.92 Å². The molecule has 0 saturated heterocycles. The lowest BCUT2D eigenvalue weighted by Crippen LogP contribution is -2.12. The summed E-state index contributed by atoms with van der Waals surface area (Å²) in [5.74, 6) is 0.742. The number of halogens is 2. The van der Waals surface area contributed by atoms with Gasteiger partial charge < -0.3 is 0 Å². The summed E-state index contributed by atoms with van der Waals surface area (Å²) in [5.41, 5.74) is 4.02. The van der Waals surface area contributed by atoms with E-state index in [1.54, 1.807) is 13.0 Å². The molecule has 1 aliphatic rings. The van der Waals surface area contributed by atoms with Crippen molar-refractivity contribution >= 4 is 28.9 Å². The zero-order valence-corrected chi connectivity index (χ0v) is 14.3. The summed E-state index contributed by atoms with van der Waals surface area (Å²) in [4.78, 5) is 4.60. The highest BCUT2D eigenvalue weighted by atomic mass is 35.5. The smallest absolute Gasteiger partial charge is 0.0671 e. The third-order valence-electron chi connectivity index (χ3n) is 3.51. The zero-order chi connectivity index (χ0) is 15.3. The van der Waals surface area contributed by atoms with E-state index in [4.69, 9.17) is 23.2 Å². The first-order chi connectivity index (χ1) is 9.31. The van der Waals surface area contributed by atoms with Crippen LogP contribution in [0.2, 0.25) is 0 Å². The molecular weight excluding hydrogens is 289 g/mol. The Hall–Kier alpha value is -0.790. The summed E-state index contributed by atoms with van der Waals surface area (Å²) < 4.78 is 0. The van der Waals surface area contributed by atoms with Crippen molar-refractivity contribution in [2.24, 2.45) is 10.9 Å². The molecular formula is C17H23Cl2N. The van der Waals surface area contributed by atoms with E-state index >= 15 is 0 Å². The van der Waals surface area contributed by atoms with Crippen molar-refractivity contribution < 1.29 is 0 Å². The third kappa shape index (κ3) is 5.30. The molecule has 0 aliphatic heterocycles. The second-order valence-corrected chi connectivity index (χ2v) is 6.43. The molecule has 20 heavy (non-hydrogen) atoms. The average Bonchev–Trinajstić information content (AvgIpc) is 2.24. The molecule has 1 fully saturated rings. The molecule has 0 unspecified atom stereocenters. The van der Waals surface area contributed by atoms with Gasteiger partial charge in [-0.1, -0.05) is 41.8 Å². The fraction of sp³-hybridized carbons (Fsp3) is 0.471. The van der Waals surface area contributed by atoms with Crippen molar-refractivity contribution in [2.45, 2.75) is 47.0 Å². The minimum absolute atomic E-state index is 0.501. The lowest BCUT2D eigenvalue weighted by molar-refractivity contribution is 0.368. The maximum atomic E-state index is 6.07. The molecule has 0 aromatic carbocycles. The van der Waals surface area contributed by atoms with Crippen LogP contribution in [0.4, 0.5) is 0 Å². The molecule has 110 valence electrons. The van der Waals surface area contributed by atoms with Gasteiger partial charge in [0, 0.05) is 10.7 Å². The maximum absolute atomic E-state index is 6.07. The Balaban J connectivity index is 2.96. The van der Waals surface area contributed by atoms with Gasteiger partial charge in [-0.15, -0.1) is 0 Å². The quantitative estimate of drug-likeness (QED) is 0.413. The van der Waals surface area contributed by atoms with Crippen LogP contribution < -0.4 is 0 Å². The molecule has 0 amide bonds. The molecule has 3 heteroatoms. The van der Waals surface area contributed by atoms with Crippen molar-refractivity contribution in [3.63, 3.8) is 0 Å². The molecule has 0 atom stereocenters. The Kier molecular flexibility index (Phi) is 6.78. The van der Waals surface area contributed by atoms with Gasteiger partial charge in [0.15, 0.2) is 0 Å². The minimum Gasteiger partial charge on any atom is -0.253 e. The molecule has 0 heterocycles. The lowest BCUT2D eigenvalue weighted by atomic mass is 9.80. The molecule has 1 rings (SSSR count). The van der Waals surface area contributed by atoms with E-state index in [1.807, 2.05) is 13.8 Å². The van der Waals surface area contributed by atoms with E-state index < -0.39 is 0 Å². The number of hydrogen-bond donors (Lipinski definition) is 0. The Labute approximate surface area is 132 Å². The monoisotopic (exact) mass is 311 g/mol. The summed E-state index contributed by atoms with van der Waals surface area (Å²) >= 11 is 12.0. The molecule has 0 aromatic heterocycles. The number of hydrogen-bond acceptors (Lipinski definition) is 1. The Morgan fingerprint density at radius 1 is 1.10 bits per heavy atom. The minimum atomic E-state index is 0.501. The van der Waals surface area contributed by atoms with Crippen LogP contribution in [-0.4, -0.2) is 5.71 Å². The third-order valence-corrected chi connectivity index (χ3v) is 4.21. The van der Waals surface area contributed by atoms with Gasteiger partial charge in [-0.25, -0.2) is 0 Å². The van der Waals surface area contributed by atoms with Crippen LogP contribution in [0.3, 0.4) is 0 Å². The van der Waals surface area contributed by atoms with E-state index in [-0.39, 0.29) is 0 Å². The number of aliphatic imine (C=N–C) groups is 1.